The van der Waals surface area contributed by atoms with Gasteiger partial charge in [0.1, 0.15) is 15.4 Å². The van der Waals surface area contributed by atoms with Crippen LogP contribution in [0.3, 0.4) is 0 Å². The Bertz CT molecular complexity index is 3080. The maximum absolute atomic E-state index is 14.4. The number of carbonyl (C=O) groups is 3. The first-order valence-electron chi connectivity index (χ1n) is 18.2. The summed E-state index contributed by atoms with van der Waals surface area (Å²) >= 11 is 0. The molecule has 14 nitrogen and oxygen atoms in total. The Morgan fingerprint density at radius 1 is 0.655 bits per heavy atom. The Morgan fingerprint density at radius 2 is 1.10 bits per heavy atom. The van der Waals surface area contributed by atoms with E-state index in [2.05, 4.69) is 0 Å². The molecule has 4 aromatic carbocycles. The molecule has 2 aliphatic rings. The third-order valence-corrected chi connectivity index (χ3v) is 13.1. The van der Waals surface area contributed by atoms with E-state index in [1.807, 2.05) is 59.7 Å². The number of imide groups is 2. The van der Waals surface area contributed by atoms with Crippen molar-refractivity contribution in [2.45, 2.75) is 35.6 Å². The average Bonchev–Trinajstić information content (AvgIpc) is 3.78. The van der Waals surface area contributed by atoms with Crippen molar-refractivity contribution in [2.75, 3.05) is 20.8 Å². The van der Waals surface area contributed by atoms with Crippen LogP contribution in [0.25, 0.3) is 55.5 Å². The molecule has 1 unspecified atom stereocenters. The number of ether oxygens (including phenoxy) is 1. The van der Waals surface area contributed by atoms with Gasteiger partial charge in [-0.05, 0) is 72.9 Å². The van der Waals surface area contributed by atoms with Crippen LogP contribution < -0.4 is 10.7 Å². The zero-order chi connectivity index (χ0) is 41.6. The number of methoxy groups -OCH3 is 1. The fourth-order valence-electron chi connectivity index (χ4n) is 8.55. The largest absolute Gasteiger partial charge is 0.383 e. The van der Waals surface area contributed by atoms with Crippen LogP contribution in [0, 0.1) is 0 Å². The van der Waals surface area contributed by atoms with Gasteiger partial charge in [0, 0.05) is 82.3 Å². The molecule has 2 N–H and O–H groups in total. The van der Waals surface area contributed by atoms with Crippen LogP contribution >= 0.6 is 0 Å². The molecule has 1 aliphatic heterocycles. The molecule has 6 aromatic rings. The number of nitrogens with zero attached hydrogens (tertiary/aromatic N) is 4. The number of hydrogen-bond acceptors (Lipinski definition) is 8. The van der Waals surface area contributed by atoms with Gasteiger partial charge in [-0.2, -0.15) is 16.8 Å². The summed E-state index contributed by atoms with van der Waals surface area (Å²) in [6.07, 6.45) is 8.16. The first-order chi connectivity index (χ1) is 27.4. The van der Waals surface area contributed by atoms with Gasteiger partial charge in [0.15, 0.2) is 0 Å². The number of rotatable bonds is 7. The molecule has 1 aliphatic carbocycles. The molecule has 0 radical (unpaired) electrons. The van der Waals surface area contributed by atoms with Gasteiger partial charge in [-0.1, -0.05) is 48.6 Å². The lowest BCUT2D eigenvalue weighted by Crippen LogP contribution is -2.58. The van der Waals surface area contributed by atoms with Crippen molar-refractivity contribution in [3.8, 4) is 0 Å². The SMILES string of the molecule is COCC(C)N1C(=O)C(=C2/C(=C/C=c3\c4cccc5c(S(=O)(=O)O)ccc(c54)n3C)CC/C2=C\C=c2/c3cccc4c(S(=O)(=O)O)ccc(c43)n2C)C(=O)N(C)C1=O. The Morgan fingerprint density at radius 3 is 1.53 bits per heavy atom. The van der Waals surface area contributed by atoms with E-state index in [4.69, 9.17) is 4.74 Å². The number of benzene rings is 4. The monoisotopic (exact) mass is 822 g/mol. The molecule has 1 saturated heterocycles. The Balaban J connectivity index is 1.37. The number of likely N-dealkylation sites (N-methyl/N-ethyl adjacent to an activating group) is 1. The van der Waals surface area contributed by atoms with Crippen LogP contribution in [-0.2, 0) is 48.7 Å². The van der Waals surface area contributed by atoms with Gasteiger partial charge < -0.3 is 13.9 Å². The predicted octanol–water partition coefficient (Wildman–Crippen LogP) is 4.57. The van der Waals surface area contributed by atoms with E-state index in [9.17, 15) is 40.3 Å². The van der Waals surface area contributed by atoms with Crippen molar-refractivity contribution in [3.63, 3.8) is 0 Å². The van der Waals surface area contributed by atoms with Crippen molar-refractivity contribution in [2.24, 2.45) is 14.1 Å². The van der Waals surface area contributed by atoms with Crippen LogP contribution in [0.4, 0.5) is 4.79 Å². The Hall–Kier alpha value is -5.91. The van der Waals surface area contributed by atoms with Crippen molar-refractivity contribution in [1.29, 1.82) is 0 Å². The van der Waals surface area contributed by atoms with Gasteiger partial charge in [0.25, 0.3) is 32.1 Å². The van der Waals surface area contributed by atoms with Crippen LogP contribution in [0.15, 0.2) is 105 Å². The highest BCUT2D eigenvalue weighted by Crippen LogP contribution is 2.41. The lowest BCUT2D eigenvalue weighted by Gasteiger charge is -2.36. The summed E-state index contributed by atoms with van der Waals surface area (Å²) in [7, 11) is -2.58. The van der Waals surface area contributed by atoms with E-state index < -0.39 is 44.1 Å². The minimum Gasteiger partial charge on any atom is -0.383 e. The van der Waals surface area contributed by atoms with Gasteiger partial charge in [0.05, 0.1) is 12.6 Å². The molecule has 0 bridgehead atoms. The van der Waals surface area contributed by atoms with Crippen LogP contribution in [0.2, 0.25) is 0 Å². The number of carbonyl (C=O) groups excluding carboxylic acids is 3. The Labute approximate surface area is 332 Å². The van der Waals surface area contributed by atoms with E-state index in [1.54, 1.807) is 43.3 Å². The van der Waals surface area contributed by atoms with Gasteiger partial charge >= 0.3 is 6.03 Å². The molecule has 16 heteroatoms. The molecule has 8 rings (SSSR count). The number of allylic oxidation sites excluding steroid dienone is 5. The molecule has 1 atom stereocenters. The molecule has 2 fully saturated rings. The quantitative estimate of drug-likeness (QED) is 0.131. The molecule has 298 valence electrons. The number of hydrogen-bond donors (Lipinski definition) is 2. The fourth-order valence-corrected chi connectivity index (χ4v) is 9.93. The maximum atomic E-state index is 14.4. The summed E-state index contributed by atoms with van der Waals surface area (Å²) < 4.78 is 78.0. The van der Waals surface area contributed by atoms with E-state index in [0.717, 1.165) is 31.6 Å². The lowest BCUT2D eigenvalue weighted by molar-refractivity contribution is -0.137. The third kappa shape index (κ3) is 5.98. The second kappa shape index (κ2) is 13.9. The Kier molecular flexibility index (Phi) is 9.32. The molecule has 2 aromatic heterocycles. The summed E-state index contributed by atoms with van der Waals surface area (Å²) in [6, 6.07) is 14.9. The topological polar surface area (TPSA) is 186 Å². The van der Waals surface area contributed by atoms with Crippen LogP contribution in [0.5, 0.6) is 0 Å². The molecule has 0 spiro atoms. The first-order valence-corrected chi connectivity index (χ1v) is 21.1. The van der Waals surface area contributed by atoms with Crippen molar-refractivity contribution in [1.82, 2.24) is 18.9 Å². The zero-order valence-electron chi connectivity index (χ0n) is 32.0. The molecule has 1 saturated carbocycles. The second-order valence-corrected chi connectivity index (χ2v) is 17.3. The van der Waals surface area contributed by atoms with E-state index in [0.29, 0.717) is 61.8 Å². The summed E-state index contributed by atoms with van der Waals surface area (Å²) in [5.41, 5.74) is 2.93. The van der Waals surface area contributed by atoms with Gasteiger partial charge in [-0.25, -0.2) is 4.79 Å². The van der Waals surface area contributed by atoms with E-state index in [-0.39, 0.29) is 22.0 Å². The number of barbiturate groups is 1. The third-order valence-electron chi connectivity index (χ3n) is 11.2. The predicted molar refractivity (Wildman–Crippen MR) is 219 cm³/mol. The van der Waals surface area contributed by atoms with Crippen LogP contribution in [-0.4, -0.2) is 89.5 Å². The number of urea groups is 1. The normalized spacial score (nSPS) is 18.7. The second-order valence-electron chi connectivity index (χ2n) is 14.6. The van der Waals surface area contributed by atoms with Crippen molar-refractivity contribution >= 4 is 93.6 Å². The minimum atomic E-state index is -4.51. The number of aryl methyl sites for hydroxylation is 2. The zero-order valence-corrected chi connectivity index (χ0v) is 33.7. The lowest BCUT2D eigenvalue weighted by atomic mass is 9.94. The van der Waals surface area contributed by atoms with E-state index >= 15 is 0 Å². The smallest absolute Gasteiger partial charge is 0.334 e. The van der Waals surface area contributed by atoms with Crippen molar-refractivity contribution < 1.29 is 45.1 Å². The summed E-state index contributed by atoms with van der Waals surface area (Å²) in [5.74, 6) is -1.52. The van der Waals surface area contributed by atoms with Crippen LogP contribution in [0.1, 0.15) is 19.8 Å². The highest BCUT2D eigenvalue weighted by molar-refractivity contribution is 7.86. The number of aromatic nitrogens is 2. The van der Waals surface area contributed by atoms with E-state index in [1.165, 1.54) is 26.3 Å². The molecular formula is C42H38N4O10S2. The van der Waals surface area contributed by atoms with Crippen molar-refractivity contribution in [3.05, 3.63) is 106 Å². The first kappa shape index (κ1) is 38.9. The summed E-state index contributed by atoms with van der Waals surface area (Å²) in [5, 5.41) is 4.85. The summed E-state index contributed by atoms with van der Waals surface area (Å²) in [4.78, 5) is 43.4. The molecule has 58 heavy (non-hydrogen) atoms. The minimum absolute atomic E-state index is 0.0428. The summed E-state index contributed by atoms with van der Waals surface area (Å²) in [6.45, 7) is 1.70. The van der Waals surface area contributed by atoms with Gasteiger partial charge in [-0.3, -0.25) is 28.5 Å². The van der Waals surface area contributed by atoms with Gasteiger partial charge in [-0.15, -0.1) is 0 Å². The average molecular weight is 823 g/mol. The standard InChI is InChI=1S/C42H38N4O10S2/c1-23(22-56-5)46-41(48)39(40(47)45(4)42(46)49)36-24(14-16-30-26-8-6-10-28-34(57(50,51)52)20-18-32(37(26)28)43(30)2)12-13-25(36)15-17-31-27-9-7-11-29-35(58(53,54)55)21-19-33(38(27)29)44(31)3/h6-11,14-21,23H,12-13,22H2,1-5H3,(H,50,51,52)(H,53,54,55)/b24-14+,25-15+,30-16+,31-17+. The fraction of sp³-hybridized carbons (Fsp3) is 0.214. The maximum Gasteiger partial charge on any atom is 0.334 e. The molecule has 3 heterocycles. The highest BCUT2D eigenvalue weighted by atomic mass is 32.2. The molecular weight excluding hydrogens is 785 g/mol. The number of amides is 4. The molecule has 4 amide bonds. The van der Waals surface area contributed by atoms with Gasteiger partial charge in [0.2, 0.25) is 0 Å². The highest BCUT2D eigenvalue weighted by Gasteiger charge is 2.45.